The molecule has 2 aromatic carbocycles. The van der Waals surface area contributed by atoms with Crippen LogP contribution in [0.15, 0.2) is 64.5 Å². The second kappa shape index (κ2) is 6.85. The van der Waals surface area contributed by atoms with Gasteiger partial charge in [0.2, 0.25) is 0 Å². The van der Waals surface area contributed by atoms with E-state index >= 15 is 0 Å². The van der Waals surface area contributed by atoms with Crippen molar-refractivity contribution in [2.45, 2.75) is 6.61 Å². The van der Waals surface area contributed by atoms with E-state index in [-0.39, 0.29) is 12.6 Å². The highest BCUT2D eigenvalue weighted by Gasteiger charge is 2.10. The fourth-order valence-electron chi connectivity index (χ4n) is 1.92. The number of aromatic nitrogens is 1. The number of carbonyl (C=O) groups excluding carboxylic acids is 1. The van der Waals surface area contributed by atoms with Gasteiger partial charge in [0, 0.05) is 15.4 Å². The summed E-state index contributed by atoms with van der Waals surface area (Å²) in [6.45, 7) is 0.175. The average Bonchev–Trinajstić information content (AvgIpc) is 3.02. The van der Waals surface area contributed by atoms with Gasteiger partial charge in [0.1, 0.15) is 11.6 Å². The van der Waals surface area contributed by atoms with Crippen molar-refractivity contribution >= 4 is 33.2 Å². The van der Waals surface area contributed by atoms with Crippen molar-refractivity contribution in [2.75, 3.05) is 0 Å². The molecule has 0 saturated heterocycles. The van der Waals surface area contributed by atoms with Crippen LogP contribution in [0.5, 0.6) is 0 Å². The van der Waals surface area contributed by atoms with Crippen LogP contribution < -0.4 is 0 Å². The van der Waals surface area contributed by atoms with E-state index in [4.69, 9.17) is 4.74 Å². The molecule has 0 N–H and O–H groups in total. The molecule has 3 aromatic rings. The van der Waals surface area contributed by atoms with Gasteiger partial charge in [-0.2, -0.15) is 0 Å². The van der Waals surface area contributed by atoms with Crippen molar-refractivity contribution in [3.8, 4) is 10.6 Å². The van der Waals surface area contributed by atoms with Gasteiger partial charge in [0.15, 0.2) is 0 Å². The maximum Gasteiger partial charge on any atom is 0.338 e. The van der Waals surface area contributed by atoms with E-state index in [1.165, 1.54) is 0 Å². The zero-order valence-corrected chi connectivity index (χ0v) is 13.9. The summed E-state index contributed by atoms with van der Waals surface area (Å²) in [7, 11) is 0. The number of ether oxygens (including phenoxy) is 1. The Morgan fingerprint density at radius 1 is 1.14 bits per heavy atom. The number of halogens is 1. The van der Waals surface area contributed by atoms with Crippen molar-refractivity contribution in [2.24, 2.45) is 0 Å². The third-order valence-corrected chi connectivity index (χ3v) is 4.42. The Labute approximate surface area is 140 Å². The Morgan fingerprint density at radius 2 is 1.95 bits per heavy atom. The molecule has 3 nitrogen and oxygen atoms in total. The molecule has 0 atom stereocenters. The summed E-state index contributed by atoms with van der Waals surface area (Å²) in [4.78, 5) is 16.5. The lowest BCUT2D eigenvalue weighted by Crippen LogP contribution is -2.05. The first kappa shape index (κ1) is 14.9. The van der Waals surface area contributed by atoms with Crippen molar-refractivity contribution in [1.29, 1.82) is 0 Å². The third kappa shape index (κ3) is 3.61. The number of hydrogen-bond donors (Lipinski definition) is 0. The molecule has 1 heterocycles. The minimum absolute atomic E-state index is 0.175. The summed E-state index contributed by atoms with van der Waals surface area (Å²) in [5, 5.41) is 2.84. The number of esters is 1. The Balaban J connectivity index is 1.65. The normalized spacial score (nSPS) is 10.4. The first-order valence-electron chi connectivity index (χ1n) is 6.65. The second-order valence-corrected chi connectivity index (χ2v) is 6.37. The molecule has 0 radical (unpaired) electrons. The zero-order valence-electron chi connectivity index (χ0n) is 11.5. The lowest BCUT2D eigenvalue weighted by atomic mass is 10.2. The molecule has 0 spiro atoms. The minimum Gasteiger partial charge on any atom is -0.456 e. The van der Waals surface area contributed by atoms with Crippen molar-refractivity contribution in [3.05, 3.63) is 75.7 Å². The van der Waals surface area contributed by atoms with Crippen molar-refractivity contribution < 1.29 is 9.53 Å². The number of nitrogens with zero attached hydrogens (tertiary/aromatic N) is 1. The van der Waals surface area contributed by atoms with Crippen LogP contribution in [-0.4, -0.2) is 11.0 Å². The monoisotopic (exact) mass is 373 g/mol. The van der Waals surface area contributed by atoms with Gasteiger partial charge in [-0.1, -0.05) is 52.3 Å². The molecule has 0 unspecified atom stereocenters. The van der Waals surface area contributed by atoms with Crippen LogP contribution in [0.25, 0.3) is 10.6 Å². The molecule has 0 aliphatic heterocycles. The topological polar surface area (TPSA) is 39.2 Å². The Hall–Kier alpha value is -1.98. The van der Waals surface area contributed by atoms with E-state index in [0.29, 0.717) is 5.56 Å². The van der Waals surface area contributed by atoms with Crippen molar-refractivity contribution in [3.63, 3.8) is 0 Å². The van der Waals surface area contributed by atoms with Crippen molar-refractivity contribution in [1.82, 2.24) is 4.98 Å². The quantitative estimate of drug-likeness (QED) is 0.608. The SMILES string of the molecule is O=C(OCc1csc(-c2ccccc2)n1)c1cccc(Br)c1. The lowest BCUT2D eigenvalue weighted by molar-refractivity contribution is 0.0468. The van der Waals surface area contributed by atoms with E-state index in [2.05, 4.69) is 20.9 Å². The average molecular weight is 374 g/mol. The smallest absolute Gasteiger partial charge is 0.338 e. The fourth-order valence-corrected chi connectivity index (χ4v) is 3.13. The molecule has 0 bridgehead atoms. The highest BCUT2D eigenvalue weighted by atomic mass is 79.9. The highest BCUT2D eigenvalue weighted by Crippen LogP contribution is 2.23. The lowest BCUT2D eigenvalue weighted by Gasteiger charge is -2.03. The van der Waals surface area contributed by atoms with Crippen LogP contribution in [0.4, 0.5) is 0 Å². The molecule has 0 aliphatic carbocycles. The van der Waals surface area contributed by atoms with Gasteiger partial charge in [-0.05, 0) is 18.2 Å². The maximum absolute atomic E-state index is 12.0. The van der Waals surface area contributed by atoms with E-state index in [1.54, 1.807) is 29.5 Å². The van der Waals surface area contributed by atoms with Crippen LogP contribution in [0.3, 0.4) is 0 Å². The van der Waals surface area contributed by atoms with Crippen LogP contribution in [0, 0.1) is 0 Å². The molecule has 0 saturated carbocycles. The largest absolute Gasteiger partial charge is 0.456 e. The van der Waals surface area contributed by atoms with Gasteiger partial charge in [-0.3, -0.25) is 0 Å². The fraction of sp³-hybridized carbons (Fsp3) is 0.0588. The summed E-state index contributed by atoms with van der Waals surface area (Å²) in [6, 6.07) is 17.1. The number of hydrogen-bond acceptors (Lipinski definition) is 4. The van der Waals surface area contributed by atoms with Crippen LogP contribution in [0.2, 0.25) is 0 Å². The summed E-state index contributed by atoms with van der Waals surface area (Å²) >= 11 is 4.88. The summed E-state index contributed by atoms with van der Waals surface area (Å²) in [5.41, 5.74) is 2.34. The molecule has 0 aliphatic rings. The molecule has 1 aromatic heterocycles. The molecule has 5 heteroatoms. The zero-order chi connectivity index (χ0) is 15.4. The van der Waals surface area contributed by atoms with E-state index in [0.717, 1.165) is 20.7 Å². The van der Waals surface area contributed by atoms with E-state index in [1.807, 2.05) is 41.8 Å². The van der Waals surface area contributed by atoms with Crippen LogP contribution in [-0.2, 0) is 11.3 Å². The van der Waals surface area contributed by atoms with Gasteiger partial charge in [0.25, 0.3) is 0 Å². The number of benzene rings is 2. The number of thiazole rings is 1. The maximum atomic E-state index is 12.0. The Bertz CT molecular complexity index is 786. The van der Waals surface area contributed by atoms with Gasteiger partial charge >= 0.3 is 5.97 Å². The van der Waals surface area contributed by atoms with Gasteiger partial charge in [-0.15, -0.1) is 11.3 Å². The summed E-state index contributed by atoms with van der Waals surface area (Å²) in [5.74, 6) is -0.351. The Morgan fingerprint density at radius 3 is 2.73 bits per heavy atom. The molecule has 110 valence electrons. The molecule has 0 fully saturated rings. The minimum atomic E-state index is -0.351. The van der Waals surface area contributed by atoms with Gasteiger partial charge < -0.3 is 4.74 Å². The third-order valence-electron chi connectivity index (χ3n) is 2.98. The van der Waals surface area contributed by atoms with Gasteiger partial charge in [-0.25, -0.2) is 9.78 Å². The summed E-state index contributed by atoms with van der Waals surface area (Å²) in [6.07, 6.45) is 0. The molecule has 3 rings (SSSR count). The molecular weight excluding hydrogens is 362 g/mol. The first-order valence-corrected chi connectivity index (χ1v) is 8.32. The van der Waals surface area contributed by atoms with Gasteiger partial charge in [0.05, 0.1) is 11.3 Å². The molecule has 22 heavy (non-hydrogen) atoms. The van der Waals surface area contributed by atoms with E-state index in [9.17, 15) is 4.79 Å². The predicted molar refractivity (Wildman–Crippen MR) is 90.8 cm³/mol. The standard InChI is InChI=1S/C17H12BrNO2S/c18-14-8-4-7-13(9-14)17(20)21-10-15-11-22-16(19-15)12-5-2-1-3-6-12/h1-9,11H,10H2. The van der Waals surface area contributed by atoms with E-state index < -0.39 is 0 Å². The Kier molecular flexibility index (Phi) is 4.65. The predicted octanol–water partition coefficient (Wildman–Crippen LogP) is 4.93. The van der Waals surface area contributed by atoms with Crippen LogP contribution in [0.1, 0.15) is 16.1 Å². The second-order valence-electron chi connectivity index (χ2n) is 4.60. The molecule has 0 amide bonds. The highest BCUT2D eigenvalue weighted by molar-refractivity contribution is 9.10. The number of rotatable bonds is 4. The molecular formula is C17H12BrNO2S. The summed E-state index contributed by atoms with van der Waals surface area (Å²) < 4.78 is 6.15. The number of carbonyl (C=O) groups is 1. The first-order chi connectivity index (χ1) is 10.7. The van der Waals surface area contributed by atoms with Crippen LogP contribution >= 0.6 is 27.3 Å².